The molecule has 0 spiro atoms. The molecule has 1 rings (SSSR count). The Morgan fingerprint density at radius 3 is 2.24 bits per heavy atom. The largest absolute Gasteiger partial charge is 1.00 e. The second kappa shape index (κ2) is 7.81. The monoisotopic (exact) mass is 249 g/mol. The maximum atomic E-state index is 10.7. The minimum atomic E-state index is -1.68. The van der Waals surface area contributed by atoms with Gasteiger partial charge < -0.3 is 15.5 Å². The number of hydrogen-bond donors (Lipinski definition) is 2. The van der Waals surface area contributed by atoms with E-state index in [9.17, 15) is 10.1 Å². The van der Waals surface area contributed by atoms with Crippen molar-refractivity contribution in [2.75, 3.05) is 0 Å². The van der Waals surface area contributed by atoms with Gasteiger partial charge in [-0.2, -0.15) is 0 Å². The second-order valence-corrected chi connectivity index (χ2v) is 3.60. The predicted octanol–water partition coefficient (Wildman–Crippen LogP) is -2.77. The summed E-state index contributed by atoms with van der Waals surface area (Å²) in [4.78, 5) is 10.2. The van der Waals surface area contributed by atoms with Gasteiger partial charge in [-0.1, -0.05) is 26.0 Å². The fraction of sp³-hybridized carbons (Fsp3) is 0.333. The number of hydrogen-bond acceptors (Lipinski definition) is 5. The molecule has 0 aromatic heterocycles. The summed E-state index contributed by atoms with van der Waals surface area (Å²) >= 11 is 0. The molecule has 0 heterocycles. The van der Waals surface area contributed by atoms with Crippen molar-refractivity contribution >= 4 is 18.3 Å². The average Bonchev–Trinajstić information content (AvgIpc) is 2.16. The summed E-state index contributed by atoms with van der Waals surface area (Å²) in [5.41, 5.74) is 0.645. The molecule has 0 aliphatic heterocycles. The minimum absolute atomic E-state index is 0. The van der Waals surface area contributed by atoms with Crippen LogP contribution in [0.3, 0.4) is 0 Å². The van der Waals surface area contributed by atoms with Crippen LogP contribution in [0.5, 0.6) is 0 Å². The molecule has 88 valence electrons. The normalized spacial score (nSPS) is 9.24. The number of benzene rings is 1. The molecule has 1 aromatic carbocycles. The molecule has 0 radical (unpaired) electrons. The zero-order valence-corrected chi connectivity index (χ0v) is 12.0. The molecule has 0 atom stereocenters. The van der Waals surface area contributed by atoms with Crippen LogP contribution in [0.25, 0.3) is 0 Å². The molecule has 17 heavy (non-hydrogen) atoms. The van der Waals surface area contributed by atoms with Gasteiger partial charge in [0.1, 0.15) is 0 Å². The van der Waals surface area contributed by atoms with Crippen molar-refractivity contribution < 1.29 is 50.0 Å². The molecule has 0 amide bonds. The maximum absolute atomic E-state index is 10.7. The van der Waals surface area contributed by atoms with Crippen molar-refractivity contribution in [3.05, 3.63) is 33.9 Å². The number of rotatable bonds is 3. The third-order valence-electron chi connectivity index (χ3n) is 2.17. The van der Waals surface area contributed by atoms with E-state index in [1.807, 2.05) is 13.8 Å². The first-order valence-corrected chi connectivity index (χ1v) is 4.58. The van der Waals surface area contributed by atoms with E-state index in [4.69, 9.17) is 10.0 Å². The quantitative estimate of drug-likeness (QED) is 0.342. The van der Waals surface area contributed by atoms with Gasteiger partial charge in [0.15, 0.2) is 0 Å². The first kappa shape index (κ1) is 18.9. The van der Waals surface area contributed by atoms with Crippen LogP contribution in [0.1, 0.15) is 25.3 Å². The smallest absolute Gasteiger partial charge is 0.870 e. The van der Waals surface area contributed by atoms with Crippen LogP contribution in [0.15, 0.2) is 18.2 Å². The van der Waals surface area contributed by atoms with Crippen molar-refractivity contribution in [1.29, 1.82) is 0 Å². The molecule has 0 bridgehead atoms. The molecule has 0 aliphatic rings. The van der Waals surface area contributed by atoms with E-state index in [1.165, 1.54) is 12.1 Å². The third kappa shape index (κ3) is 4.75. The Balaban J connectivity index is 0. The summed E-state index contributed by atoms with van der Waals surface area (Å²) in [5.74, 6) is 0.0234. The Labute approximate surface area is 122 Å². The van der Waals surface area contributed by atoms with Gasteiger partial charge in [0.25, 0.3) is 5.69 Å². The topological polar surface area (TPSA) is 114 Å². The fourth-order valence-electron chi connectivity index (χ4n) is 1.37. The molecule has 8 heteroatoms. The van der Waals surface area contributed by atoms with Crippen LogP contribution in [0.2, 0.25) is 0 Å². The molecule has 0 aliphatic carbocycles. The SMILES string of the molecule is CC(C)c1ccc(B(O)O)cc1[N+](=O)[O-].[Na+].[OH-]. The Morgan fingerprint density at radius 1 is 1.35 bits per heavy atom. The van der Waals surface area contributed by atoms with Gasteiger partial charge in [0.2, 0.25) is 0 Å². The van der Waals surface area contributed by atoms with Gasteiger partial charge in [-0.15, -0.1) is 0 Å². The molecule has 3 N–H and O–H groups in total. The number of nitro groups is 1. The maximum Gasteiger partial charge on any atom is 1.00 e. The first-order valence-electron chi connectivity index (χ1n) is 4.58. The zero-order chi connectivity index (χ0) is 11.6. The van der Waals surface area contributed by atoms with Crippen LogP contribution in [-0.2, 0) is 0 Å². The summed E-state index contributed by atoms with van der Waals surface area (Å²) in [6, 6.07) is 4.23. The van der Waals surface area contributed by atoms with E-state index in [2.05, 4.69) is 0 Å². The van der Waals surface area contributed by atoms with Gasteiger partial charge in [-0.25, -0.2) is 0 Å². The molecular weight excluding hydrogens is 236 g/mol. The molecule has 0 unspecified atom stereocenters. The van der Waals surface area contributed by atoms with Crippen molar-refractivity contribution in [1.82, 2.24) is 0 Å². The molecule has 0 saturated heterocycles. The van der Waals surface area contributed by atoms with Crippen LogP contribution in [0.4, 0.5) is 5.69 Å². The third-order valence-corrected chi connectivity index (χ3v) is 2.17. The molecular formula is C9H13BNNaO5. The minimum Gasteiger partial charge on any atom is -0.870 e. The first-order chi connectivity index (χ1) is 6.93. The van der Waals surface area contributed by atoms with Crippen molar-refractivity contribution in [2.45, 2.75) is 19.8 Å². The summed E-state index contributed by atoms with van der Waals surface area (Å²) in [7, 11) is -1.68. The van der Waals surface area contributed by atoms with Crippen molar-refractivity contribution in [3.63, 3.8) is 0 Å². The van der Waals surface area contributed by atoms with Crippen LogP contribution in [0, 0.1) is 10.1 Å². The molecule has 1 aromatic rings. The Bertz CT molecular complexity index is 386. The Morgan fingerprint density at radius 2 is 1.88 bits per heavy atom. The van der Waals surface area contributed by atoms with E-state index in [-0.39, 0.29) is 52.1 Å². The van der Waals surface area contributed by atoms with Gasteiger partial charge in [-0.3, -0.25) is 10.1 Å². The van der Waals surface area contributed by atoms with Gasteiger partial charge in [-0.05, 0) is 11.4 Å². The van der Waals surface area contributed by atoms with E-state index in [1.54, 1.807) is 6.07 Å². The second-order valence-electron chi connectivity index (χ2n) is 3.60. The number of nitrogens with zero attached hydrogens (tertiary/aromatic N) is 1. The van der Waals surface area contributed by atoms with Crippen molar-refractivity contribution in [3.8, 4) is 0 Å². The average molecular weight is 249 g/mol. The molecule has 6 nitrogen and oxygen atoms in total. The van der Waals surface area contributed by atoms with Crippen LogP contribution >= 0.6 is 0 Å². The van der Waals surface area contributed by atoms with Crippen LogP contribution in [-0.4, -0.2) is 27.6 Å². The van der Waals surface area contributed by atoms with E-state index < -0.39 is 12.0 Å². The van der Waals surface area contributed by atoms with E-state index in [0.29, 0.717) is 5.56 Å². The summed E-state index contributed by atoms with van der Waals surface area (Å²) < 4.78 is 0. The summed E-state index contributed by atoms with van der Waals surface area (Å²) in [6.45, 7) is 3.69. The van der Waals surface area contributed by atoms with Crippen molar-refractivity contribution in [2.24, 2.45) is 0 Å². The zero-order valence-electron chi connectivity index (χ0n) is 9.99. The number of nitro benzene ring substituents is 1. The standard InChI is InChI=1S/C9H12BNO4.Na.H2O/c1-6(2)8-4-3-7(10(12)13)5-9(8)11(14)15;;/h3-6,12-13H,1-2H3;;1H2/q;+1;/p-1. The van der Waals surface area contributed by atoms with E-state index >= 15 is 0 Å². The summed E-state index contributed by atoms with van der Waals surface area (Å²) in [6.07, 6.45) is 0. The van der Waals surface area contributed by atoms with Gasteiger partial charge in [0, 0.05) is 11.6 Å². The van der Waals surface area contributed by atoms with Crippen LogP contribution < -0.4 is 35.0 Å². The van der Waals surface area contributed by atoms with Gasteiger partial charge >= 0.3 is 36.7 Å². The Kier molecular flexibility index (Phi) is 8.69. The predicted molar refractivity (Wildman–Crippen MR) is 58.9 cm³/mol. The Hall–Kier alpha value is -0.435. The molecule has 0 saturated carbocycles. The fourth-order valence-corrected chi connectivity index (χ4v) is 1.37. The van der Waals surface area contributed by atoms with Gasteiger partial charge in [0.05, 0.1) is 4.92 Å². The summed E-state index contributed by atoms with van der Waals surface area (Å²) in [5, 5.41) is 28.5. The van der Waals surface area contributed by atoms with E-state index in [0.717, 1.165) is 0 Å². The molecule has 0 fully saturated rings.